The highest BCUT2D eigenvalue weighted by Gasteiger charge is 2.23. The molecule has 0 amide bonds. The predicted molar refractivity (Wildman–Crippen MR) is 76.8 cm³/mol. The lowest BCUT2D eigenvalue weighted by atomic mass is 10.3. The molecule has 1 atom stereocenters. The number of carbonyl (C=O) groups is 1. The summed E-state index contributed by atoms with van der Waals surface area (Å²) in [6, 6.07) is 1.20. The summed E-state index contributed by atoms with van der Waals surface area (Å²) in [5, 5.41) is 0. The molecular weight excluding hydrogens is 356 g/mol. The first-order valence-corrected chi connectivity index (χ1v) is 8.50. The van der Waals surface area contributed by atoms with Crippen LogP contribution in [-0.4, -0.2) is 34.1 Å². The third-order valence-electron chi connectivity index (χ3n) is 2.22. The smallest absolute Gasteiger partial charge is 0.348 e. The lowest BCUT2D eigenvalue weighted by Gasteiger charge is -2.07. The summed E-state index contributed by atoms with van der Waals surface area (Å²) in [6.07, 6.45) is 0.533. The number of carbonyl (C=O) groups excluding carboxylic acids is 1. The van der Waals surface area contributed by atoms with Gasteiger partial charge in [0, 0.05) is 12.6 Å². The minimum Gasteiger partial charge on any atom is -0.465 e. The van der Waals surface area contributed by atoms with Gasteiger partial charge in [0.05, 0.1) is 10.9 Å². The first-order valence-electron chi connectivity index (χ1n) is 5.41. The summed E-state index contributed by atoms with van der Waals surface area (Å²) >= 11 is 4.15. The first kappa shape index (κ1) is 16.6. The van der Waals surface area contributed by atoms with E-state index >= 15 is 0 Å². The number of halogens is 1. The summed E-state index contributed by atoms with van der Waals surface area (Å²) in [5.74, 6) is -0.567. The highest BCUT2D eigenvalue weighted by Crippen LogP contribution is 2.31. The van der Waals surface area contributed by atoms with Crippen LogP contribution < -0.4 is 10.5 Å². The fourth-order valence-electron chi connectivity index (χ4n) is 1.24. The van der Waals surface area contributed by atoms with Gasteiger partial charge < -0.3 is 10.5 Å². The van der Waals surface area contributed by atoms with Gasteiger partial charge in [-0.1, -0.05) is 0 Å². The van der Waals surface area contributed by atoms with Crippen molar-refractivity contribution in [2.75, 3.05) is 13.7 Å². The fraction of sp³-hybridized carbons (Fsp3) is 0.500. The van der Waals surface area contributed by atoms with Gasteiger partial charge in [-0.05, 0) is 35.3 Å². The number of sulfonamides is 1. The van der Waals surface area contributed by atoms with Crippen LogP contribution in [0.5, 0.6) is 0 Å². The van der Waals surface area contributed by atoms with E-state index in [-0.39, 0.29) is 22.4 Å². The van der Waals surface area contributed by atoms with E-state index in [1.165, 1.54) is 13.2 Å². The predicted octanol–water partition coefficient (Wildman–Crippen LogP) is 1.31. The fourth-order valence-corrected chi connectivity index (χ4v) is 4.76. The van der Waals surface area contributed by atoms with Crippen LogP contribution >= 0.6 is 27.3 Å². The van der Waals surface area contributed by atoms with E-state index in [0.29, 0.717) is 10.2 Å². The van der Waals surface area contributed by atoms with Gasteiger partial charge in [-0.25, -0.2) is 17.9 Å². The van der Waals surface area contributed by atoms with Crippen molar-refractivity contribution in [3.63, 3.8) is 0 Å². The molecule has 0 bridgehead atoms. The highest BCUT2D eigenvalue weighted by molar-refractivity contribution is 9.11. The Kier molecular flexibility index (Phi) is 5.93. The molecule has 0 radical (unpaired) electrons. The number of hydrogen-bond acceptors (Lipinski definition) is 6. The van der Waals surface area contributed by atoms with Gasteiger partial charge in [0.1, 0.15) is 9.77 Å². The van der Waals surface area contributed by atoms with Gasteiger partial charge >= 0.3 is 5.97 Å². The Morgan fingerprint density at radius 2 is 2.26 bits per heavy atom. The lowest BCUT2D eigenvalue weighted by molar-refractivity contribution is 0.0606. The van der Waals surface area contributed by atoms with Crippen molar-refractivity contribution >= 4 is 43.3 Å². The molecule has 0 saturated heterocycles. The summed E-state index contributed by atoms with van der Waals surface area (Å²) in [5.41, 5.74) is 5.55. The van der Waals surface area contributed by atoms with Crippen molar-refractivity contribution in [3.8, 4) is 0 Å². The van der Waals surface area contributed by atoms with Crippen molar-refractivity contribution in [3.05, 3.63) is 14.7 Å². The third-order valence-corrected chi connectivity index (χ3v) is 5.92. The van der Waals surface area contributed by atoms with Gasteiger partial charge in [0.25, 0.3) is 0 Å². The van der Waals surface area contributed by atoms with E-state index in [4.69, 9.17) is 5.73 Å². The van der Waals surface area contributed by atoms with E-state index in [1.807, 2.05) is 0 Å². The maximum absolute atomic E-state index is 12.0. The number of ether oxygens (including phenoxy) is 1. The molecule has 0 aliphatic heterocycles. The van der Waals surface area contributed by atoms with Crippen LogP contribution in [0.25, 0.3) is 0 Å². The van der Waals surface area contributed by atoms with Crippen LogP contribution in [-0.2, 0) is 14.8 Å². The Hall–Kier alpha value is -0.480. The van der Waals surface area contributed by atoms with E-state index in [2.05, 4.69) is 25.4 Å². The van der Waals surface area contributed by atoms with Crippen molar-refractivity contribution in [2.24, 2.45) is 5.73 Å². The average molecular weight is 371 g/mol. The number of nitrogens with one attached hydrogen (secondary N) is 1. The molecule has 0 aliphatic rings. The van der Waals surface area contributed by atoms with Crippen molar-refractivity contribution in [2.45, 2.75) is 24.3 Å². The van der Waals surface area contributed by atoms with Crippen LogP contribution in [0.3, 0.4) is 0 Å². The van der Waals surface area contributed by atoms with Crippen LogP contribution in [0.4, 0.5) is 0 Å². The van der Waals surface area contributed by atoms with Crippen molar-refractivity contribution < 1.29 is 17.9 Å². The molecule has 9 heteroatoms. The molecule has 1 unspecified atom stereocenters. The molecule has 0 aliphatic carbocycles. The molecule has 0 spiro atoms. The Balaban J connectivity index is 2.89. The standard InChI is InChI=1S/C10H15BrN2O4S2/c1-6(12)3-4-13-19(15,16)8-5-7(10(14)17-2)18-9(8)11/h5-6,13H,3-4,12H2,1-2H3. The topological polar surface area (TPSA) is 98.5 Å². The Morgan fingerprint density at radius 1 is 1.63 bits per heavy atom. The van der Waals surface area contributed by atoms with Gasteiger partial charge in [-0.15, -0.1) is 11.3 Å². The largest absolute Gasteiger partial charge is 0.465 e. The monoisotopic (exact) mass is 370 g/mol. The summed E-state index contributed by atoms with van der Waals surface area (Å²) in [7, 11) is -2.42. The molecule has 108 valence electrons. The average Bonchev–Trinajstić information content (AvgIpc) is 2.70. The van der Waals surface area contributed by atoms with Gasteiger partial charge in [-0.2, -0.15) is 0 Å². The normalized spacial score (nSPS) is 13.3. The zero-order valence-corrected chi connectivity index (χ0v) is 13.7. The summed E-state index contributed by atoms with van der Waals surface area (Å²) in [4.78, 5) is 11.6. The van der Waals surface area contributed by atoms with Crippen LogP contribution in [0.2, 0.25) is 0 Å². The molecule has 19 heavy (non-hydrogen) atoms. The Morgan fingerprint density at radius 3 is 2.79 bits per heavy atom. The van der Waals surface area contributed by atoms with E-state index in [0.717, 1.165) is 11.3 Å². The lowest BCUT2D eigenvalue weighted by Crippen LogP contribution is -2.29. The number of rotatable bonds is 6. The summed E-state index contributed by atoms with van der Waals surface area (Å²) < 4.78 is 31.4. The highest BCUT2D eigenvalue weighted by atomic mass is 79.9. The van der Waals surface area contributed by atoms with Crippen LogP contribution in [0.1, 0.15) is 23.0 Å². The van der Waals surface area contributed by atoms with Crippen LogP contribution in [0, 0.1) is 0 Å². The maximum atomic E-state index is 12.0. The van der Waals surface area contributed by atoms with Gasteiger partial charge in [0.2, 0.25) is 10.0 Å². The number of esters is 1. The molecular formula is C10H15BrN2O4S2. The number of nitrogens with two attached hydrogens (primary N) is 1. The van der Waals surface area contributed by atoms with E-state index in [1.54, 1.807) is 6.92 Å². The molecule has 1 aromatic rings. The second kappa shape index (κ2) is 6.80. The molecule has 6 nitrogen and oxygen atoms in total. The van der Waals surface area contributed by atoms with Crippen molar-refractivity contribution in [1.29, 1.82) is 0 Å². The Labute approximate surface area is 124 Å². The quantitative estimate of drug-likeness (QED) is 0.735. The zero-order chi connectivity index (χ0) is 14.6. The van der Waals surface area contributed by atoms with E-state index < -0.39 is 16.0 Å². The third kappa shape index (κ3) is 4.53. The van der Waals surface area contributed by atoms with Crippen LogP contribution in [0.15, 0.2) is 14.7 Å². The maximum Gasteiger partial charge on any atom is 0.348 e. The molecule has 0 saturated carbocycles. The minimum atomic E-state index is -3.66. The summed E-state index contributed by atoms with van der Waals surface area (Å²) in [6.45, 7) is 2.04. The molecule has 0 fully saturated rings. The minimum absolute atomic E-state index is 0.0302. The second-order valence-electron chi connectivity index (χ2n) is 3.90. The number of hydrogen-bond donors (Lipinski definition) is 2. The molecule has 3 N–H and O–H groups in total. The van der Waals surface area contributed by atoms with Gasteiger partial charge in [-0.3, -0.25) is 0 Å². The Bertz CT molecular complexity index is 554. The van der Waals surface area contributed by atoms with Crippen molar-refractivity contribution in [1.82, 2.24) is 4.72 Å². The first-order chi connectivity index (χ1) is 8.77. The molecule has 0 aromatic carbocycles. The molecule has 1 aromatic heterocycles. The second-order valence-corrected chi connectivity index (χ2v) is 8.01. The number of thiophene rings is 1. The SMILES string of the molecule is COC(=O)c1cc(S(=O)(=O)NCCC(C)N)c(Br)s1. The van der Waals surface area contributed by atoms with E-state index in [9.17, 15) is 13.2 Å². The zero-order valence-electron chi connectivity index (χ0n) is 10.5. The van der Waals surface area contributed by atoms with Gasteiger partial charge in [0.15, 0.2) is 0 Å². The molecule has 1 rings (SSSR count). The molecule has 1 heterocycles. The number of methoxy groups -OCH3 is 1.